The highest BCUT2D eigenvalue weighted by Gasteiger charge is 2.26. The summed E-state index contributed by atoms with van der Waals surface area (Å²) in [5.74, 6) is 0.613. The number of ether oxygens (including phenoxy) is 1. The number of aryl methyl sites for hydroxylation is 4. The van der Waals surface area contributed by atoms with E-state index in [1.165, 1.54) is 57.8 Å². The lowest BCUT2D eigenvalue weighted by Gasteiger charge is -2.34. The first-order chi connectivity index (χ1) is 23.3. The van der Waals surface area contributed by atoms with Gasteiger partial charge >= 0.3 is 0 Å². The largest absolute Gasteiger partial charge is 0.497 e. The van der Waals surface area contributed by atoms with Gasteiger partial charge in [-0.3, -0.25) is 9.48 Å². The number of nitrogens with zero attached hydrogens (tertiary/aromatic N) is 4. The van der Waals surface area contributed by atoms with Gasteiger partial charge in [-0.25, -0.2) is 8.78 Å². The fraction of sp³-hybridized carbons (Fsp3) is 0.538. The summed E-state index contributed by atoms with van der Waals surface area (Å²) in [5, 5.41) is 5.44. The van der Waals surface area contributed by atoms with Crippen LogP contribution in [-0.2, 0) is 20.0 Å². The number of fused-ring (bicyclic) bond motifs is 2. The van der Waals surface area contributed by atoms with Gasteiger partial charge < -0.3 is 19.9 Å². The van der Waals surface area contributed by atoms with Gasteiger partial charge in [-0.2, -0.15) is 5.10 Å². The number of benzene rings is 2. The van der Waals surface area contributed by atoms with Crippen LogP contribution < -0.4 is 20.9 Å². The maximum absolute atomic E-state index is 14.7. The van der Waals surface area contributed by atoms with Crippen molar-refractivity contribution in [3.63, 3.8) is 0 Å². The summed E-state index contributed by atoms with van der Waals surface area (Å²) in [4.78, 5) is 14.9. The van der Waals surface area contributed by atoms with Gasteiger partial charge in [-0.15, -0.1) is 0 Å². The average Bonchev–Trinajstić information content (AvgIpc) is 3.57. The van der Waals surface area contributed by atoms with Gasteiger partial charge in [0, 0.05) is 66.2 Å². The van der Waals surface area contributed by atoms with E-state index in [2.05, 4.69) is 10.00 Å². The van der Waals surface area contributed by atoms with E-state index in [0.717, 1.165) is 78.6 Å². The van der Waals surface area contributed by atoms with Crippen LogP contribution >= 0.6 is 0 Å². The Morgan fingerprint density at radius 2 is 1.56 bits per heavy atom. The Kier molecular flexibility index (Phi) is 12.7. The molecule has 3 heterocycles. The van der Waals surface area contributed by atoms with Crippen LogP contribution in [0.15, 0.2) is 47.5 Å². The zero-order valence-electron chi connectivity index (χ0n) is 29.1. The molecule has 48 heavy (non-hydrogen) atoms. The SMILES string of the molecule is COc1cc(N2CCCc3cc(-c4cnn(CCCCCCCCCCCCCCN)c4)c(C(F)F)cc32)c2cc(C)c(=O)n(C)c2c1. The molecule has 0 bridgehead atoms. The quantitative estimate of drug-likeness (QED) is 0.108. The lowest BCUT2D eigenvalue weighted by molar-refractivity contribution is 0.152. The first-order valence-electron chi connectivity index (χ1n) is 18.0. The number of methoxy groups -OCH3 is 1. The molecular weight excluding hydrogens is 608 g/mol. The number of hydrogen-bond acceptors (Lipinski definition) is 5. The Balaban J connectivity index is 1.25. The number of nitrogens with two attached hydrogens (primary N) is 1. The number of unbranched alkanes of at least 4 members (excludes halogenated alkanes) is 11. The highest BCUT2D eigenvalue weighted by atomic mass is 19.3. The van der Waals surface area contributed by atoms with Crippen LogP contribution in [0.4, 0.5) is 20.2 Å². The van der Waals surface area contributed by atoms with Crippen molar-refractivity contribution < 1.29 is 13.5 Å². The molecule has 1 aliphatic rings. The van der Waals surface area contributed by atoms with Crippen molar-refractivity contribution in [3.8, 4) is 16.9 Å². The minimum Gasteiger partial charge on any atom is -0.497 e. The molecule has 0 spiro atoms. The summed E-state index contributed by atoms with van der Waals surface area (Å²) in [5.41, 5.74) is 10.8. The van der Waals surface area contributed by atoms with Gasteiger partial charge in [-0.05, 0) is 68.5 Å². The van der Waals surface area contributed by atoms with Crippen LogP contribution in [0.25, 0.3) is 22.0 Å². The molecule has 9 heteroatoms. The first-order valence-corrected chi connectivity index (χ1v) is 18.0. The number of alkyl halides is 2. The number of rotatable bonds is 18. The van der Waals surface area contributed by atoms with Crippen molar-refractivity contribution in [2.75, 3.05) is 25.1 Å². The molecule has 2 N–H and O–H groups in total. The van der Waals surface area contributed by atoms with E-state index in [9.17, 15) is 13.6 Å². The van der Waals surface area contributed by atoms with Crippen LogP contribution in [0.1, 0.15) is 107 Å². The smallest absolute Gasteiger partial charge is 0.264 e. The van der Waals surface area contributed by atoms with E-state index in [0.29, 0.717) is 23.4 Å². The fourth-order valence-corrected chi connectivity index (χ4v) is 7.16. The third-order valence-electron chi connectivity index (χ3n) is 9.89. The maximum atomic E-state index is 14.7. The topological polar surface area (TPSA) is 78.3 Å². The average molecular weight is 662 g/mol. The minimum absolute atomic E-state index is 0.00606. The van der Waals surface area contributed by atoms with Crippen molar-refractivity contribution in [3.05, 3.63) is 69.8 Å². The molecular formula is C39H53F2N5O2. The van der Waals surface area contributed by atoms with Crippen LogP contribution in [0.2, 0.25) is 0 Å². The van der Waals surface area contributed by atoms with Crippen molar-refractivity contribution in [2.24, 2.45) is 12.8 Å². The van der Waals surface area contributed by atoms with E-state index in [1.807, 2.05) is 35.1 Å². The molecule has 0 radical (unpaired) electrons. The van der Waals surface area contributed by atoms with E-state index < -0.39 is 6.43 Å². The molecule has 2 aromatic heterocycles. The Bertz CT molecular complexity index is 1710. The standard InChI is InChI=1S/C39H53F2N5O2/c1-28-21-34-36(44(2)39(28)47)23-31(48-3)24-37(34)46-20-16-17-29-22-32(33(38(40)41)25-35(29)46)30-26-43-45(27-30)19-15-13-11-9-7-5-4-6-8-10-12-14-18-42/h21-27,38H,4-20,42H2,1-3H3. The third kappa shape index (κ3) is 8.46. The second-order valence-corrected chi connectivity index (χ2v) is 13.4. The summed E-state index contributed by atoms with van der Waals surface area (Å²) >= 11 is 0. The van der Waals surface area contributed by atoms with Gasteiger partial charge in [-0.1, -0.05) is 64.2 Å². The van der Waals surface area contributed by atoms with Crippen molar-refractivity contribution in [2.45, 2.75) is 110 Å². The van der Waals surface area contributed by atoms with E-state index in [4.69, 9.17) is 10.5 Å². The zero-order chi connectivity index (χ0) is 34.0. The fourth-order valence-electron chi connectivity index (χ4n) is 7.16. The monoisotopic (exact) mass is 661 g/mol. The predicted molar refractivity (Wildman–Crippen MR) is 193 cm³/mol. The second-order valence-electron chi connectivity index (χ2n) is 13.4. The Morgan fingerprint density at radius 1 is 0.896 bits per heavy atom. The summed E-state index contributed by atoms with van der Waals surface area (Å²) in [7, 11) is 3.35. The van der Waals surface area contributed by atoms with Crippen LogP contribution in [0.5, 0.6) is 5.75 Å². The zero-order valence-corrected chi connectivity index (χ0v) is 29.1. The molecule has 7 nitrogen and oxygen atoms in total. The predicted octanol–water partition coefficient (Wildman–Crippen LogP) is 9.38. The summed E-state index contributed by atoms with van der Waals surface area (Å²) in [6.45, 7) is 4.08. The lowest BCUT2D eigenvalue weighted by atomic mass is 9.92. The van der Waals surface area contributed by atoms with Crippen molar-refractivity contribution in [1.82, 2.24) is 14.3 Å². The van der Waals surface area contributed by atoms with E-state index in [-0.39, 0.29) is 11.1 Å². The molecule has 0 saturated carbocycles. The van der Waals surface area contributed by atoms with Gasteiger partial charge in [0.25, 0.3) is 12.0 Å². The molecule has 4 aromatic rings. The van der Waals surface area contributed by atoms with Crippen LogP contribution in [-0.4, -0.2) is 34.5 Å². The Morgan fingerprint density at radius 3 is 2.21 bits per heavy atom. The maximum Gasteiger partial charge on any atom is 0.264 e. The van der Waals surface area contributed by atoms with Crippen LogP contribution in [0.3, 0.4) is 0 Å². The van der Waals surface area contributed by atoms with Gasteiger partial charge in [0.15, 0.2) is 0 Å². The van der Waals surface area contributed by atoms with Crippen molar-refractivity contribution >= 4 is 22.3 Å². The van der Waals surface area contributed by atoms with E-state index in [1.54, 1.807) is 37.9 Å². The van der Waals surface area contributed by atoms with E-state index >= 15 is 0 Å². The number of anilines is 2. The molecule has 0 aliphatic carbocycles. The Labute approximate surface area is 284 Å². The van der Waals surface area contributed by atoms with Gasteiger partial charge in [0.2, 0.25) is 0 Å². The normalized spacial score (nSPS) is 13.1. The molecule has 1 aliphatic heterocycles. The number of pyridine rings is 1. The molecule has 5 rings (SSSR count). The van der Waals surface area contributed by atoms with Gasteiger partial charge in [0.1, 0.15) is 5.75 Å². The molecule has 260 valence electrons. The highest BCUT2D eigenvalue weighted by molar-refractivity contribution is 5.96. The minimum atomic E-state index is -2.64. The van der Waals surface area contributed by atoms with Crippen molar-refractivity contribution in [1.29, 1.82) is 0 Å². The lowest BCUT2D eigenvalue weighted by Crippen LogP contribution is -2.26. The molecule has 0 atom stereocenters. The summed E-state index contributed by atoms with van der Waals surface area (Å²) in [6, 6.07) is 9.28. The molecule has 0 amide bonds. The number of halogens is 2. The second kappa shape index (κ2) is 17.1. The molecule has 0 unspecified atom stereocenters. The van der Waals surface area contributed by atoms with Gasteiger partial charge in [0.05, 0.1) is 24.5 Å². The summed E-state index contributed by atoms with van der Waals surface area (Å²) in [6.07, 6.45) is 17.7. The molecule has 0 fully saturated rings. The first kappa shape index (κ1) is 35.6. The Hall–Kier alpha value is -3.72. The molecule has 0 saturated heterocycles. The third-order valence-corrected chi connectivity index (χ3v) is 9.89. The number of aromatic nitrogens is 3. The highest BCUT2D eigenvalue weighted by Crippen LogP contribution is 2.44. The molecule has 2 aromatic carbocycles. The van der Waals surface area contributed by atoms with Crippen LogP contribution in [0, 0.1) is 6.92 Å². The number of hydrogen-bond donors (Lipinski definition) is 1. The summed E-state index contributed by atoms with van der Waals surface area (Å²) < 4.78 is 38.6.